The molecule has 0 saturated heterocycles. The van der Waals surface area contributed by atoms with Gasteiger partial charge in [0.2, 0.25) is 10.0 Å². The van der Waals surface area contributed by atoms with Gasteiger partial charge in [0.1, 0.15) is 6.54 Å². The molecule has 0 radical (unpaired) electrons. The summed E-state index contributed by atoms with van der Waals surface area (Å²) in [5.41, 5.74) is 2.24. The number of carbonyl (C=O) groups excluding carboxylic acids is 1. The van der Waals surface area contributed by atoms with Crippen molar-refractivity contribution in [3.8, 4) is 0 Å². The van der Waals surface area contributed by atoms with E-state index in [0.29, 0.717) is 28.2 Å². The number of benzene rings is 3. The summed E-state index contributed by atoms with van der Waals surface area (Å²) in [5, 5.41) is 26.1. The van der Waals surface area contributed by atoms with Crippen molar-refractivity contribution >= 4 is 50.2 Å². The van der Waals surface area contributed by atoms with Gasteiger partial charge < -0.3 is 15.7 Å². The summed E-state index contributed by atoms with van der Waals surface area (Å²) in [4.78, 5) is 34.5. The van der Waals surface area contributed by atoms with Crippen molar-refractivity contribution in [3.05, 3.63) is 94.0 Å². The number of carboxylic acids is 1. The first kappa shape index (κ1) is 24.6. The lowest BCUT2D eigenvalue weighted by Crippen LogP contribution is -2.32. The lowest BCUT2D eigenvalue weighted by molar-refractivity contribution is -0.384. The Morgan fingerprint density at radius 2 is 1.75 bits per heavy atom. The van der Waals surface area contributed by atoms with Crippen molar-refractivity contribution in [2.45, 2.75) is 4.90 Å². The Morgan fingerprint density at radius 3 is 2.36 bits per heavy atom. The highest BCUT2D eigenvalue weighted by Gasteiger charge is 2.30. The Morgan fingerprint density at radius 1 is 1.08 bits per heavy atom. The number of nitrogens with zero attached hydrogens (tertiary/aromatic N) is 2. The van der Waals surface area contributed by atoms with Crippen molar-refractivity contribution in [1.82, 2.24) is 4.31 Å². The van der Waals surface area contributed by atoms with Gasteiger partial charge in [-0.3, -0.25) is 19.7 Å². The number of likely N-dealkylation sites (N-methyl/N-ethyl adjacent to an activating group) is 1. The molecule has 12 heteroatoms. The number of non-ortho nitro benzene ring substituents is 1. The molecule has 3 aromatic rings. The fourth-order valence-corrected chi connectivity index (χ4v) is 4.83. The van der Waals surface area contributed by atoms with E-state index in [1.807, 2.05) is 0 Å². The maximum atomic E-state index is 13.0. The molecule has 1 heterocycles. The molecule has 184 valence electrons. The summed E-state index contributed by atoms with van der Waals surface area (Å²) in [7, 11) is -2.85. The third kappa shape index (κ3) is 4.80. The Bertz CT molecular complexity index is 1500. The summed E-state index contributed by atoms with van der Waals surface area (Å²) in [5.74, 6) is -1.74. The number of rotatable bonds is 8. The summed E-state index contributed by atoms with van der Waals surface area (Å²) >= 11 is 0. The zero-order chi connectivity index (χ0) is 26.0. The molecule has 0 spiro atoms. The monoisotopic (exact) mass is 508 g/mol. The van der Waals surface area contributed by atoms with Gasteiger partial charge in [0.15, 0.2) is 0 Å². The quantitative estimate of drug-likeness (QED) is 0.238. The van der Waals surface area contributed by atoms with Gasteiger partial charge in [-0.2, -0.15) is 4.31 Å². The van der Waals surface area contributed by atoms with Crippen LogP contribution < -0.4 is 10.6 Å². The van der Waals surface area contributed by atoms with E-state index in [4.69, 9.17) is 5.11 Å². The molecular weight excluding hydrogens is 488 g/mol. The molecule has 0 aliphatic carbocycles. The third-order valence-electron chi connectivity index (χ3n) is 5.46. The van der Waals surface area contributed by atoms with E-state index in [1.165, 1.54) is 49.5 Å². The number of carbonyl (C=O) groups is 2. The predicted molar refractivity (Wildman–Crippen MR) is 132 cm³/mol. The number of sulfonamides is 1. The summed E-state index contributed by atoms with van der Waals surface area (Å²) in [6.45, 7) is -0.687. The van der Waals surface area contributed by atoms with Crippen molar-refractivity contribution in [2.75, 3.05) is 24.2 Å². The summed E-state index contributed by atoms with van der Waals surface area (Å²) in [6.07, 6.45) is 0. The number of hydrogen-bond acceptors (Lipinski definition) is 7. The van der Waals surface area contributed by atoms with Crippen LogP contribution in [0.1, 0.15) is 11.1 Å². The van der Waals surface area contributed by atoms with Crippen LogP contribution >= 0.6 is 0 Å². The van der Waals surface area contributed by atoms with Crippen LogP contribution in [0, 0.1) is 10.1 Å². The molecule has 0 unspecified atom stereocenters. The number of carboxylic acid groups (broad SMARTS) is 1. The maximum Gasteiger partial charge on any atom is 0.318 e. The first-order chi connectivity index (χ1) is 17.1. The van der Waals surface area contributed by atoms with E-state index in [-0.39, 0.29) is 16.2 Å². The molecule has 1 aliphatic heterocycles. The number of nitro groups is 1. The number of aliphatic carboxylic acids is 1. The average molecular weight is 509 g/mol. The SMILES string of the molecule is CN(CC(=O)O)S(=O)(=O)c1ccc(NC(=C2C(=O)Nc3ccc([N+](=O)[O-])cc32)c2ccccc2)cc1. The van der Waals surface area contributed by atoms with Gasteiger partial charge >= 0.3 is 5.97 Å². The molecule has 0 fully saturated rings. The van der Waals surface area contributed by atoms with Crippen molar-refractivity contribution in [1.29, 1.82) is 0 Å². The van der Waals surface area contributed by atoms with Crippen LogP contribution in [-0.4, -0.2) is 48.2 Å². The van der Waals surface area contributed by atoms with Crippen LogP contribution in [-0.2, 0) is 19.6 Å². The Balaban J connectivity index is 1.77. The van der Waals surface area contributed by atoms with Gasteiger partial charge in [-0.1, -0.05) is 30.3 Å². The van der Waals surface area contributed by atoms with Crippen LogP contribution in [0.25, 0.3) is 11.3 Å². The lowest BCUT2D eigenvalue weighted by atomic mass is 9.99. The van der Waals surface area contributed by atoms with Crippen LogP contribution in [0.5, 0.6) is 0 Å². The van der Waals surface area contributed by atoms with Gasteiger partial charge in [0.25, 0.3) is 11.6 Å². The first-order valence-electron chi connectivity index (χ1n) is 10.5. The molecule has 1 amide bonds. The molecule has 3 N–H and O–H groups in total. The van der Waals surface area contributed by atoms with Crippen LogP contribution in [0.3, 0.4) is 0 Å². The summed E-state index contributed by atoms with van der Waals surface area (Å²) in [6, 6.07) is 18.5. The lowest BCUT2D eigenvalue weighted by Gasteiger charge is -2.17. The van der Waals surface area contributed by atoms with Crippen molar-refractivity contribution < 1.29 is 28.0 Å². The fraction of sp³-hybridized carbons (Fsp3) is 0.0833. The minimum Gasteiger partial charge on any atom is -0.480 e. The second-order valence-electron chi connectivity index (χ2n) is 7.86. The molecular formula is C24H20N4O7S. The highest BCUT2D eigenvalue weighted by atomic mass is 32.2. The molecule has 11 nitrogen and oxygen atoms in total. The van der Waals surface area contributed by atoms with E-state index < -0.39 is 33.4 Å². The zero-order valence-electron chi connectivity index (χ0n) is 18.8. The fourth-order valence-electron chi connectivity index (χ4n) is 3.71. The Labute approximate surface area is 205 Å². The smallest absolute Gasteiger partial charge is 0.318 e. The highest BCUT2D eigenvalue weighted by Crippen LogP contribution is 2.39. The second-order valence-corrected chi connectivity index (χ2v) is 9.91. The molecule has 36 heavy (non-hydrogen) atoms. The van der Waals surface area contributed by atoms with Gasteiger partial charge in [-0.15, -0.1) is 0 Å². The van der Waals surface area contributed by atoms with Crippen molar-refractivity contribution in [2.24, 2.45) is 0 Å². The Hall–Kier alpha value is -4.55. The zero-order valence-corrected chi connectivity index (χ0v) is 19.7. The van der Waals surface area contributed by atoms with Crippen molar-refractivity contribution in [3.63, 3.8) is 0 Å². The van der Waals surface area contributed by atoms with Gasteiger partial charge in [-0.25, -0.2) is 8.42 Å². The van der Waals surface area contributed by atoms with Gasteiger partial charge in [0.05, 0.1) is 21.1 Å². The average Bonchev–Trinajstić information content (AvgIpc) is 3.17. The molecule has 0 saturated carbocycles. The maximum absolute atomic E-state index is 13.0. The number of hydrogen-bond donors (Lipinski definition) is 3. The number of anilines is 2. The van der Waals surface area contributed by atoms with Crippen LogP contribution in [0.2, 0.25) is 0 Å². The van der Waals surface area contributed by atoms with E-state index in [1.54, 1.807) is 30.3 Å². The van der Waals surface area contributed by atoms with E-state index in [0.717, 1.165) is 4.31 Å². The molecule has 3 aromatic carbocycles. The largest absolute Gasteiger partial charge is 0.480 e. The molecule has 4 rings (SSSR count). The predicted octanol–water partition coefficient (Wildman–Crippen LogP) is 3.23. The molecule has 0 aromatic heterocycles. The van der Waals surface area contributed by atoms with E-state index in [2.05, 4.69) is 10.6 Å². The highest BCUT2D eigenvalue weighted by molar-refractivity contribution is 7.89. The molecule has 0 atom stereocenters. The van der Waals surface area contributed by atoms with E-state index in [9.17, 15) is 28.1 Å². The first-order valence-corrected chi connectivity index (χ1v) is 12.0. The number of nitrogens with one attached hydrogen (secondary N) is 2. The van der Waals surface area contributed by atoms with E-state index >= 15 is 0 Å². The van der Waals surface area contributed by atoms with Gasteiger partial charge in [0, 0.05) is 36.1 Å². The number of amides is 1. The summed E-state index contributed by atoms with van der Waals surface area (Å²) < 4.78 is 26.0. The normalized spacial score (nSPS) is 14.2. The molecule has 0 bridgehead atoms. The topological polar surface area (TPSA) is 159 Å². The minimum absolute atomic E-state index is 0.106. The standard InChI is InChI=1S/C24H20N4O7S/c1-27(14-21(29)30)36(34,35)18-10-7-16(8-11-18)25-23(15-5-3-2-4-6-15)22-19-13-17(28(32)33)9-12-20(19)26-24(22)31/h2-13,25H,14H2,1H3,(H,26,31)(H,29,30). The van der Waals surface area contributed by atoms with Crippen LogP contribution in [0.4, 0.5) is 17.1 Å². The Kier molecular flexibility index (Phi) is 6.55. The molecule has 1 aliphatic rings. The number of fused-ring (bicyclic) bond motifs is 1. The number of nitro benzene ring substituents is 1. The van der Waals surface area contributed by atoms with Gasteiger partial charge in [-0.05, 0) is 35.9 Å². The second kappa shape index (κ2) is 9.60. The minimum atomic E-state index is -4.02. The van der Waals surface area contributed by atoms with Crippen LogP contribution in [0.15, 0.2) is 77.7 Å². The third-order valence-corrected chi connectivity index (χ3v) is 7.28.